The summed E-state index contributed by atoms with van der Waals surface area (Å²) >= 11 is 5.98. The molecule has 1 aromatic carbocycles. The van der Waals surface area contributed by atoms with Gasteiger partial charge in [-0.15, -0.1) is 0 Å². The average molecular weight is 347 g/mol. The Bertz CT molecular complexity index is 870. The van der Waals surface area contributed by atoms with E-state index in [1.807, 2.05) is 45.3 Å². The number of aromatic nitrogens is 2. The van der Waals surface area contributed by atoms with Crippen LogP contribution in [-0.2, 0) is 7.05 Å². The molecule has 2 heterocycles. The molecular formula is C17H19ClN4O2. The van der Waals surface area contributed by atoms with Gasteiger partial charge in [0.1, 0.15) is 11.3 Å². The number of amides is 2. The third kappa shape index (κ3) is 3.54. The van der Waals surface area contributed by atoms with Crippen LogP contribution >= 0.6 is 11.6 Å². The van der Waals surface area contributed by atoms with Crippen LogP contribution in [0.25, 0.3) is 11.0 Å². The monoisotopic (exact) mass is 346 g/mol. The van der Waals surface area contributed by atoms with Crippen molar-refractivity contribution in [2.75, 3.05) is 0 Å². The van der Waals surface area contributed by atoms with Crippen LogP contribution in [0.2, 0.25) is 5.02 Å². The fourth-order valence-corrected chi connectivity index (χ4v) is 2.68. The lowest BCUT2D eigenvalue weighted by atomic mass is 10.2. The number of nitrogens with one attached hydrogen (secondary N) is 2. The molecule has 24 heavy (non-hydrogen) atoms. The number of nitrogens with zero attached hydrogens (tertiary/aromatic N) is 2. The van der Waals surface area contributed by atoms with Crippen molar-refractivity contribution >= 4 is 28.6 Å². The number of carbonyl (C=O) groups is 1. The summed E-state index contributed by atoms with van der Waals surface area (Å²) in [5, 5.41) is 11.4. The molecule has 2 amide bonds. The van der Waals surface area contributed by atoms with Gasteiger partial charge < -0.3 is 15.1 Å². The maximum absolute atomic E-state index is 12.2. The van der Waals surface area contributed by atoms with Gasteiger partial charge >= 0.3 is 6.03 Å². The van der Waals surface area contributed by atoms with E-state index >= 15 is 0 Å². The topological polar surface area (TPSA) is 72.1 Å². The lowest BCUT2D eigenvalue weighted by Crippen LogP contribution is -2.38. The Kier molecular flexibility index (Phi) is 4.49. The molecule has 2 atom stereocenters. The number of carbonyl (C=O) groups excluding carboxylic acids is 1. The first-order chi connectivity index (χ1) is 11.4. The van der Waals surface area contributed by atoms with Gasteiger partial charge in [-0.1, -0.05) is 11.6 Å². The molecule has 0 unspecified atom stereocenters. The summed E-state index contributed by atoms with van der Waals surface area (Å²) in [7, 11) is 1.84. The fraction of sp³-hybridized carbons (Fsp3) is 0.294. The molecule has 3 rings (SSSR count). The van der Waals surface area contributed by atoms with E-state index in [-0.39, 0.29) is 18.1 Å². The van der Waals surface area contributed by atoms with Gasteiger partial charge in [0, 0.05) is 29.2 Å². The number of benzene rings is 1. The summed E-state index contributed by atoms with van der Waals surface area (Å²) in [5.41, 5.74) is 1.69. The van der Waals surface area contributed by atoms with E-state index in [0.717, 1.165) is 16.5 Å². The minimum atomic E-state index is -0.266. The van der Waals surface area contributed by atoms with Crippen LogP contribution in [0.3, 0.4) is 0 Å². The normalized spacial score (nSPS) is 13.7. The number of halogens is 1. The number of fused-ring (bicyclic) bond motifs is 1. The van der Waals surface area contributed by atoms with Crippen molar-refractivity contribution in [1.82, 2.24) is 20.4 Å². The van der Waals surface area contributed by atoms with Gasteiger partial charge in [-0.05, 0) is 38.1 Å². The Labute approximate surface area is 144 Å². The SMILES string of the molecule is C[C@@H](NC(=O)N[C@H](C)c1cc2cc(Cl)ccc2o1)c1cnn(C)c1. The van der Waals surface area contributed by atoms with Gasteiger partial charge in [0.15, 0.2) is 0 Å². The predicted molar refractivity (Wildman–Crippen MR) is 92.9 cm³/mol. The molecule has 2 N–H and O–H groups in total. The second-order valence-corrected chi connectivity index (χ2v) is 6.28. The largest absolute Gasteiger partial charge is 0.459 e. The Balaban J connectivity index is 1.64. The standard InChI is InChI=1S/C17H19ClN4O2/c1-10(13-8-19-22(3)9-13)20-17(23)21-11(2)16-7-12-6-14(18)4-5-15(12)24-16/h4-11H,1-3H3,(H2,20,21,23)/t10-,11-/m1/s1. The van der Waals surface area contributed by atoms with E-state index < -0.39 is 0 Å². The van der Waals surface area contributed by atoms with Crippen LogP contribution in [0.5, 0.6) is 0 Å². The van der Waals surface area contributed by atoms with Gasteiger partial charge in [0.25, 0.3) is 0 Å². The summed E-state index contributed by atoms with van der Waals surface area (Å²) in [6.07, 6.45) is 3.61. The van der Waals surface area contributed by atoms with Crippen LogP contribution in [0, 0.1) is 0 Å². The highest BCUT2D eigenvalue weighted by Gasteiger charge is 2.16. The van der Waals surface area contributed by atoms with Crippen LogP contribution in [0.4, 0.5) is 4.79 Å². The highest BCUT2D eigenvalue weighted by atomic mass is 35.5. The van der Waals surface area contributed by atoms with Crippen molar-refractivity contribution in [2.45, 2.75) is 25.9 Å². The van der Waals surface area contributed by atoms with Crippen molar-refractivity contribution in [1.29, 1.82) is 0 Å². The predicted octanol–water partition coefficient (Wildman–Crippen LogP) is 3.94. The molecule has 7 heteroatoms. The number of furan rings is 1. The number of rotatable bonds is 4. The Morgan fingerprint density at radius 2 is 2.00 bits per heavy atom. The van der Waals surface area contributed by atoms with Gasteiger partial charge in [-0.3, -0.25) is 4.68 Å². The molecule has 2 aromatic heterocycles. The van der Waals surface area contributed by atoms with E-state index in [2.05, 4.69) is 15.7 Å². The van der Waals surface area contributed by atoms with Crippen molar-refractivity contribution < 1.29 is 9.21 Å². The molecule has 6 nitrogen and oxygen atoms in total. The quantitative estimate of drug-likeness (QED) is 0.751. The zero-order valence-corrected chi connectivity index (χ0v) is 14.5. The lowest BCUT2D eigenvalue weighted by molar-refractivity contribution is 0.233. The van der Waals surface area contributed by atoms with Gasteiger partial charge in [0.2, 0.25) is 0 Å². The second kappa shape index (κ2) is 6.57. The van der Waals surface area contributed by atoms with Crippen LogP contribution in [-0.4, -0.2) is 15.8 Å². The third-order valence-electron chi connectivity index (χ3n) is 3.84. The van der Waals surface area contributed by atoms with Gasteiger partial charge in [-0.25, -0.2) is 4.79 Å². The van der Waals surface area contributed by atoms with Gasteiger partial charge in [0.05, 0.1) is 18.3 Å². The molecule has 0 aliphatic rings. The number of hydrogen-bond donors (Lipinski definition) is 2. The zero-order chi connectivity index (χ0) is 17.3. The highest BCUT2D eigenvalue weighted by molar-refractivity contribution is 6.31. The maximum atomic E-state index is 12.2. The van der Waals surface area contributed by atoms with Crippen LogP contribution in [0.15, 0.2) is 41.1 Å². The van der Waals surface area contributed by atoms with E-state index in [4.69, 9.17) is 16.0 Å². The molecule has 0 spiro atoms. The van der Waals surface area contributed by atoms with E-state index in [9.17, 15) is 4.79 Å². The second-order valence-electron chi connectivity index (χ2n) is 5.84. The molecule has 0 bridgehead atoms. The molecule has 0 saturated heterocycles. The first kappa shape index (κ1) is 16.4. The summed E-state index contributed by atoms with van der Waals surface area (Å²) in [5.74, 6) is 0.677. The van der Waals surface area contributed by atoms with Gasteiger partial charge in [-0.2, -0.15) is 5.10 Å². The average Bonchev–Trinajstić information content (AvgIpc) is 3.12. The minimum Gasteiger partial charge on any atom is -0.459 e. The zero-order valence-electron chi connectivity index (χ0n) is 13.7. The number of aryl methyl sites for hydroxylation is 1. The van der Waals surface area contributed by atoms with E-state index in [1.165, 1.54) is 0 Å². The smallest absolute Gasteiger partial charge is 0.315 e. The molecule has 3 aromatic rings. The number of hydrogen-bond acceptors (Lipinski definition) is 3. The van der Waals surface area contributed by atoms with E-state index in [1.54, 1.807) is 16.9 Å². The maximum Gasteiger partial charge on any atom is 0.315 e. The molecule has 126 valence electrons. The van der Waals surface area contributed by atoms with E-state index in [0.29, 0.717) is 10.8 Å². The molecule has 0 aliphatic carbocycles. The number of urea groups is 1. The fourth-order valence-electron chi connectivity index (χ4n) is 2.50. The first-order valence-electron chi connectivity index (χ1n) is 7.67. The Hall–Kier alpha value is -2.47. The Morgan fingerprint density at radius 3 is 2.71 bits per heavy atom. The molecule has 0 saturated carbocycles. The van der Waals surface area contributed by atoms with Crippen molar-refractivity contribution in [3.63, 3.8) is 0 Å². The van der Waals surface area contributed by atoms with Crippen molar-refractivity contribution in [3.8, 4) is 0 Å². The summed E-state index contributed by atoms with van der Waals surface area (Å²) in [6.45, 7) is 3.78. The van der Waals surface area contributed by atoms with Crippen molar-refractivity contribution in [2.24, 2.45) is 7.05 Å². The minimum absolute atomic E-state index is 0.139. The summed E-state index contributed by atoms with van der Waals surface area (Å²) in [4.78, 5) is 12.2. The first-order valence-corrected chi connectivity index (χ1v) is 8.05. The summed E-state index contributed by atoms with van der Waals surface area (Å²) in [6, 6.07) is 6.64. The van der Waals surface area contributed by atoms with Crippen LogP contribution < -0.4 is 10.6 Å². The third-order valence-corrected chi connectivity index (χ3v) is 4.08. The summed E-state index contributed by atoms with van der Waals surface area (Å²) < 4.78 is 7.47. The highest BCUT2D eigenvalue weighted by Crippen LogP contribution is 2.26. The lowest BCUT2D eigenvalue weighted by Gasteiger charge is -2.16. The molecule has 0 radical (unpaired) electrons. The molecule has 0 aliphatic heterocycles. The Morgan fingerprint density at radius 1 is 1.25 bits per heavy atom. The molecule has 0 fully saturated rings. The van der Waals surface area contributed by atoms with Crippen molar-refractivity contribution in [3.05, 3.63) is 53.0 Å². The van der Waals surface area contributed by atoms with Crippen LogP contribution in [0.1, 0.15) is 37.3 Å². The molecular weight excluding hydrogens is 328 g/mol.